The zero-order valence-electron chi connectivity index (χ0n) is 17.1. The first-order valence-electron chi connectivity index (χ1n) is 8.96. The molecule has 0 N–H and O–H groups in total. The fourth-order valence-electron chi connectivity index (χ4n) is 3.00. The highest BCUT2D eigenvalue weighted by Gasteiger charge is 2.37. The third-order valence-corrected chi connectivity index (χ3v) is 5.32. The van der Waals surface area contributed by atoms with Gasteiger partial charge in [-0.15, -0.1) is 11.3 Å². The molecule has 5 nitrogen and oxygen atoms in total. The summed E-state index contributed by atoms with van der Waals surface area (Å²) < 4.78 is 17.4. The number of Topliss-reactive ketones (excluding diaryl/α,β-unsaturated/α-hetero) is 1. The van der Waals surface area contributed by atoms with Gasteiger partial charge in [-0.05, 0) is 39.0 Å². The summed E-state index contributed by atoms with van der Waals surface area (Å²) in [7, 11) is 1.59. The van der Waals surface area contributed by atoms with E-state index in [0.717, 1.165) is 10.1 Å². The Kier molecular flexibility index (Phi) is 6.20. The largest absolute Gasteiger partial charge is 0.497 e. The van der Waals surface area contributed by atoms with E-state index in [9.17, 15) is 9.59 Å². The van der Waals surface area contributed by atoms with Crippen LogP contribution in [0.25, 0.3) is 10.1 Å². The van der Waals surface area contributed by atoms with Gasteiger partial charge in [0, 0.05) is 15.5 Å². The summed E-state index contributed by atoms with van der Waals surface area (Å²) in [4.78, 5) is 25.7. The normalized spacial score (nSPS) is 12.1. The maximum atomic E-state index is 12.7. The first kappa shape index (κ1) is 21.2. The number of carbonyl (C=O) groups is 2. The van der Waals surface area contributed by atoms with Crippen LogP contribution in [0.2, 0.25) is 0 Å². The van der Waals surface area contributed by atoms with E-state index in [1.165, 1.54) is 11.3 Å². The Labute approximate surface area is 164 Å². The van der Waals surface area contributed by atoms with Crippen molar-refractivity contribution in [3.8, 4) is 11.5 Å². The summed E-state index contributed by atoms with van der Waals surface area (Å²) >= 11 is 1.32. The highest BCUT2D eigenvalue weighted by Crippen LogP contribution is 2.40. The van der Waals surface area contributed by atoms with Crippen molar-refractivity contribution < 1.29 is 23.8 Å². The van der Waals surface area contributed by atoms with Crippen molar-refractivity contribution in [1.82, 2.24) is 0 Å². The molecule has 0 saturated carbocycles. The summed E-state index contributed by atoms with van der Waals surface area (Å²) in [6.07, 6.45) is 0. The van der Waals surface area contributed by atoms with Gasteiger partial charge in [0.2, 0.25) is 0 Å². The van der Waals surface area contributed by atoms with Crippen LogP contribution in [0, 0.1) is 10.8 Å². The van der Waals surface area contributed by atoms with Gasteiger partial charge in [-0.1, -0.05) is 20.8 Å². The maximum absolute atomic E-state index is 12.7. The Balaban J connectivity index is 2.29. The number of hydrogen-bond donors (Lipinski definition) is 0. The van der Waals surface area contributed by atoms with Crippen LogP contribution >= 0.6 is 11.3 Å². The molecule has 27 heavy (non-hydrogen) atoms. The first-order valence-corrected chi connectivity index (χ1v) is 9.78. The molecule has 2 aromatic rings. The second-order valence-corrected chi connectivity index (χ2v) is 9.15. The van der Waals surface area contributed by atoms with E-state index in [-0.39, 0.29) is 12.4 Å². The lowest BCUT2D eigenvalue weighted by Crippen LogP contribution is -2.38. The molecular weight excluding hydrogens is 364 g/mol. The lowest BCUT2D eigenvalue weighted by molar-refractivity contribution is -0.137. The highest BCUT2D eigenvalue weighted by molar-refractivity contribution is 7.21. The molecule has 2 rings (SSSR count). The lowest BCUT2D eigenvalue weighted by atomic mass is 9.75. The number of benzene rings is 1. The second-order valence-electron chi connectivity index (χ2n) is 8.09. The van der Waals surface area contributed by atoms with Gasteiger partial charge >= 0.3 is 5.97 Å². The summed E-state index contributed by atoms with van der Waals surface area (Å²) in [6, 6.07) is 5.58. The fraction of sp³-hybridized carbons (Fsp3) is 0.524. The molecule has 1 heterocycles. The number of carbonyl (C=O) groups excluding carboxylic acids is 2. The SMILES string of the molecule is CCOc1c(C(=O)OCC(C)(C)C(=O)C(C)(C)C)sc2ccc(OC)cc12. The molecule has 0 aliphatic rings. The van der Waals surface area contributed by atoms with Crippen LogP contribution in [0.1, 0.15) is 51.2 Å². The number of rotatable bonds is 7. The Morgan fingerprint density at radius 3 is 2.33 bits per heavy atom. The Bertz CT molecular complexity index is 842. The van der Waals surface area contributed by atoms with Crippen LogP contribution in [-0.4, -0.2) is 32.1 Å². The van der Waals surface area contributed by atoms with Gasteiger partial charge in [-0.3, -0.25) is 4.79 Å². The highest BCUT2D eigenvalue weighted by atomic mass is 32.1. The Morgan fingerprint density at radius 2 is 1.78 bits per heavy atom. The van der Waals surface area contributed by atoms with E-state index in [1.54, 1.807) is 21.0 Å². The average Bonchev–Trinajstić information content (AvgIpc) is 2.96. The lowest BCUT2D eigenvalue weighted by Gasteiger charge is -2.30. The standard InChI is InChI=1S/C21H28O5S/c1-8-25-16-14-11-13(24-7)9-10-15(14)27-17(16)18(22)26-12-21(5,6)19(23)20(2,3)4/h9-11H,8,12H2,1-7H3. The van der Waals surface area contributed by atoms with E-state index >= 15 is 0 Å². The summed E-state index contributed by atoms with van der Waals surface area (Å²) in [6.45, 7) is 11.5. The number of ketones is 1. The van der Waals surface area contributed by atoms with Crippen molar-refractivity contribution in [3.05, 3.63) is 23.1 Å². The van der Waals surface area contributed by atoms with Crippen LogP contribution < -0.4 is 9.47 Å². The monoisotopic (exact) mass is 392 g/mol. The van der Waals surface area contributed by atoms with Gasteiger partial charge in [-0.25, -0.2) is 4.79 Å². The van der Waals surface area contributed by atoms with E-state index < -0.39 is 16.8 Å². The molecule has 0 radical (unpaired) electrons. The third-order valence-electron chi connectivity index (χ3n) is 4.18. The predicted octanol–water partition coefficient (Wildman–Crippen LogP) is 5.11. The molecule has 0 aliphatic heterocycles. The minimum atomic E-state index is -0.764. The zero-order valence-corrected chi connectivity index (χ0v) is 17.9. The van der Waals surface area contributed by atoms with Gasteiger partial charge in [-0.2, -0.15) is 0 Å². The molecule has 0 spiro atoms. The number of hydrogen-bond acceptors (Lipinski definition) is 6. The average molecular weight is 393 g/mol. The number of thiophene rings is 1. The predicted molar refractivity (Wildman–Crippen MR) is 108 cm³/mol. The van der Waals surface area contributed by atoms with Crippen molar-refractivity contribution in [2.45, 2.75) is 41.5 Å². The molecule has 0 aliphatic carbocycles. The minimum absolute atomic E-state index is 0.0189. The van der Waals surface area contributed by atoms with Crippen LogP contribution in [0.15, 0.2) is 18.2 Å². The van der Waals surface area contributed by atoms with E-state index in [0.29, 0.717) is 23.0 Å². The topological polar surface area (TPSA) is 61.8 Å². The minimum Gasteiger partial charge on any atom is -0.497 e. The molecule has 148 valence electrons. The van der Waals surface area contributed by atoms with Gasteiger partial charge in [0.25, 0.3) is 0 Å². The van der Waals surface area contributed by atoms with Crippen molar-refractivity contribution in [2.75, 3.05) is 20.3 Å². The molecule has 0 atom stereocenters. The van der Waals surface area contributed by atoms with Gasteiger partial charge in [0.15, 0.2) is 10.6 Å². The Morgan fingerprint density at radius 1 is 1.11 bits per heavy atom. The van der Waals surface area contributed by atoms with Crippen LogP contribution in [-0.2, 0) is 9.53 Å². The molecule has 0 saturated heterocycles. The number of methoxy groups -OCH3 is 1. The van der Waals surface area contributed by atoms with Crippen LogP contribution in [0.3, 0.4) is 0 Å². The number of fused-ring (bicyclic) bond motifs is 1. The van der Waals surface area contributed by atoms with Gasteiger partial charge < -0.3 is 14.2 Å². The number of esters is 1. The molecule has 0 unspecified atom stereocenters. The number of ether oxygens (including phenoxy) is 3. The van der Waals surface area contributed by atoms with Gasteiger partial charge in [0.1, 0.15) is 18.1 Å². The second kappa shape index (κ2) is 7.89. The molecule has 0 bridgehead atoms. The summed E-state index contributed by atoms with van der Waals surface area (Å²) in [5.74, 6) is 0.766. The van der Waals surface area contributed by atoms with Crippen molar-refractivity contribution in [1.29, 1.82) is 0 Å². The van der Waals surface area contributed by atoms with Crippen LogP contribution in [0.4, 0.5) is 0 Å². The fourth-order valence-corrected chi connectivity index (χ4v) is 4.02. The van der Waals surface area contributed by atoms with E-state index in [4.69, 9.17) is 14.2 Å². The van der Waals surface area contributed by atoms with E-state index in [2.05, 4.69) is 0 Å². The van der Waals surface area contributed by atoms with Crippen LogP contribution in [0.5, 0.6) is 11.5 Å². The van der Waals surface area contributed by atoms with Crippen molar-refractivity contribution in [3.63, 3.8) is 0 Å². The molecule has 0 amide bonds. The smallest absolute Gasteiger partial charge is 0.352 e. The maximum Gasteiger partial charge on any atom is 0.352 e. The third kappa shape index (κ3) is 4.61. The quantitative estimate of drug-likeness (QED) is 0.613. The Hall–Kier alpha value is -2.08. The van der Waals surface area contributed by atoms with Crippen molar-refractivity contribution in [2.24, 2.45) is 10.8 Å². The molecule has 0 fully saturated rings. The van der Waals surface area contributed by atoms with E-state index in [1.807, 2.05) is 45.9 Å². The summed E-state index contributed by atoms with van der Waals surface area (Å²) in [5.41, 5.74) is -1.26. The molecular formula is C21H28O5S. The molecule has 1 aromatic carbocycles. The molecule has 1 aromatic heterocycles. The summed E-state index contributed by atoms with van der Waals surface area (Å²) in [5, 5.41) is 0.818. The van der Waals surface area contributed by atoms with Crippen molar-refractivity contribution >= 4 is 33.2 Å². The first-order chi connectivity index (χ1) is 12.5. The van der Waals surface area contributed by atoms with Gasteiger partial charge in [0.05, 0.1) is 19.1 Å². The molecule has 6 heteroatoms. The zero-order chi connectivity index (χ0) is 20.4.